The van der Waals surface area contributed by atoms with Crippen molar-refractivity contribution in [3.8, 4) is 0 Å². The van der Waals surface area contributed by atoms with Gasteiger partial charge in [-0.15, -0.1) is 6.58 Å². The molecule has 0 radical (unpaired) electrons. The number of fused-ring (bicyclic) bond motifs is 1. The summed E-state index contributed by atoms with van der Waals surface area (Å²) in [6.07, 6.45) is 0.877. The highest BCUT2D eigenvalue weighted by molar-refractivity contribution is 7.93. The van der Waals surface area contributed by atoms with Crippen LogP contribution in [0.25, 0.3) is 0 Å². The first-order chi connectivity index (χ1) is 12.0. The van der Waals surface area contributed by atoms with Crippen LogP contribution in [0.1, 0.15) is 23.7 Å². The average Bonchev–Trinajstić information content (AvgIpc) is 3.30. The minimum atomic E-state index is -3.71. The van der Waals surface area contributed by atoms with E-state index in [1.165, 1.54) is 0 Å². The lowest BCUT2D eigenvalue weighted by molar-refractivity contribution is -0.0363. The summed E-state index contributed by atoms with van der Waals surface area (Å²) >= 11 is 0. The zero-order valence-electron chi connectivity index (χ0n) is 14.0. The molecule has 4 atom stereocenters. The Morgan fingerprint density at radius 1 is 1.12 bits per heavy atom. The van der Waals surface area contributed by atoms with Crippen LogP contribution >= 0.6 is 0 Å². The summed E-state index contributed by atoms with van der Waals surface area (Å²) in [6, 6.07) is 16.3. The van der Waals surface area contributed by atoms with E-state index in [4.69, 9.17) is 9.47 Å². The third-order valence-electron chi connectivity index (χ3n) is 4.92. The van der Waals surface area contributed by atoms with Gasteiger partial charge in [-0.1, -0.05) is 54.1 Å². The van der Waals surface area contributed by atoms with Crippen LogP contribution in [0.4, 0.5) is 0 Å². The summed E-state index contributed by atoms with van der Waals surface area (Å²) in [4.78, 5) is -1.08. The highest BCUT2D eigenvalue weighted by Gasteiger charge is 2.78. The lowest BCUT2D eigenvalue weighted by Crippen LogP contribution is -2.31. The summed E-state index contributed by atoms with van der Waals surface area (Å²) in [7, 11) is -3.71. The number of hydrogen-bond acceptors (Lipinski definition) is 4. The van der Waals surface area contributed by atoms with Crippen LogP contribution in [0.2, 0.25) is 0 Å². The number of ether oxygens (including phenoxy) is 2. The van der Waals surface area contributed by atoms with E-state index in [2.05, 4.69) is 6.58 Å². The Bertz CT molecular complexity index is 889. The standard InChI is InChI=1S/C20H20O4S/c1-3-7-17-19-20(24-19,18(23-17)15-8-5-4-6-9-15)25(21,22)16-12-10-14(2)11-13-16/h3-6,8-13,17-19H,1,7H2,2H3/t17?,18-,19+,20+/m1/s1. The summed E-state index contributed by atoms with van der Waals surface area (Å²) in [5.41, 5.74) is 1.82. The van der Waals surface area contributed by atoms with Gasteiger partial charge in [0.05, 0.1) is 11.0 Å². The van der Waals surface area contributed by atoms with Crippen molar-refractivity contribution < 1.29 is 17.9 Å². The molecule has 0 bridgehead atoms. The monoisotopic (exact) mass is 356 g/mol. The van der Waals surface area contributed by atoms with E-state index in [1.807, 2.05) is 37.3 Å². The molecule has 2 saturated heterocycles. The van der Waals surface area contributed by atoms with E-state index in [-0.39, 0.29) is 11.0 Å². The molecule has 0 saturated carbocycles. The molecule has 1 unspecified atom stereocenters. The molecular weight excluding hydrogens is 336 g/mol. The van der Waals surface area contributed by atoms with E-state index >= 15 is 0 Å². The van der Waals surface area contributed by atoms with Gasteiger partial charge in [-0.05, 0) is 31.0 Å². The molecule has 0 N–H and O–H groups in total. The fraction of sp³-hybridized carbons (Fsp3) is 0.300. The van der Waals surface area contributed by atoms with Gasteiger partial charge in [0.2, 0.25) is 14.8 Å². The van der Waals surface area contributed by atoms with Gasteiger partial charge in [0, 0.05) is 0 Å². The minimum Gasteiger partial charge on any atom is -0.363 e. The normalized spacial score (nSPS) is 30.7. The predicted molar refractivity (Wildman–Crippen MR) is 94.8 cm³/mol. The SMILES string of the molecule is C=CCC1O[C@H](c2ccccc2)[C@@]2(S(=O)(=O)c3ccc(C)cc3)O[C@@H]12. The van der Waals surface area contributed by atoms with Gasteiger partial charge in [0.15, 0.2) is 0 Å². The first-order valence-electron chi connectivity index (χ1n) is 8.31. The maximum atomic E-state index is 13.4. The van der Waals surface area contributed by atoms with Crippen LogP contribution in [0.15, 0.2) is 72.1 Å². The summed E-state index contributed by atoms with van der Waals surface area (Å²) < 4.78 is 38.8. The second-order valence-electron chi connectivity index (χ2n) is 6.57. The summed E-state index contributed by atoms with van der Waals surface area (Å²) in [6.45, 7) is 5.67. The first-order valence-corrected chi connectivity index (χ1v) is 9.79. The van der Waals surface area contributed by atoms with Gasteiger partial charge < -0.3 is 9.47 Å². The van der Waals surface area contributed by atoms with Crippen LogP contribution in [0.3, 0.4) is 0 Å². The number of sulfone groups is 1. The molecule has 2 aliphatic heterocycles. The van der Waals surface area contributed by atoms with E-state index in [0.717, 1.165) is 11.1 Å². The van der Waals surface area contributed by atoms with Crippen LogP contribution < -0.4 is 0 Å². The van der Waals surface area contributed by atoms with Crippen LogP contribution in [-0.2, 0) is 19.3 Å². The van der Waals surface area contributed by atoms with Crippen LogP contribution in [0, 0.1) is 6.92 Å². The quantitative estimate of drug-likeness (QED) is 0.607. The van der Waals surface area contributed by atoms with Gasteiger partial charge in [0.25, 0.3) is 0 Å². The first kappa shape index (κ1) is 16.5. The zero-order valence-corrected chi connectivity index (χ0v) is 14.8. The van der Waals surface area contributed by atoms with Gasteiger partial charge >= 0.3 is 0 Å². The van der Waals surface area contributed by atoms with Crippen molar-refractivity contribution in [3.05, 3.63) is 78.4 Å². The highest BCUT2D eigenvalue weighted by Crippen LogP contribution is 2.62. The Hall–Kier alpha value is -1.95. The molecule has 0 spiro atoms. The summed E-state index contributed by atoms with van der Waals surface area (Å²) in [5, 5.41) is 0. The van der Waals surface area contributed by atoms with E-state index < -0.39 is 27.0 Å². The molecule has 2 fully saturated rings. The Labute approximate surface area is 148 Å². The molecule has 4 rings (SSSR count). The highest BCUT2D eigenvalue weighted by atomic mass is 32.2. The summed E-state index contributed by atoms with van der Waals surface area (Å²) in [5.74, 6) is 0. The Kier molecular flexibility index (Phi) is 3.83. The number of aryl methyl sites for hydroxylation is 1. The molecule has 130 valence electrons. The predicted octanol–water partition coefficient (Wildman–Crippen LogP) is 3.58. The van der Waals surface area contributed by atoms with Gasteiger partial charge in [0.1, 0.15) is 12.2 Å². The molecule has 0 amide bonds. The zero-order chi connectivity index (χ0) is 17.7. The Morgan fingerprint density at radius 2 is 1.80 bits per heavy atom. The van der Waals surface area contributed by atoms with Crippen molar-refractivity contribution in [2.24, 2.45) is 0 Å². The molecule has 2 aromatic carbocycles. The van der Waals surface area contributed by atoms with Gasteiger partial charge in [-0.2, -0.15) is 0 Å². The number of benzene rings is 2. The molecule has 5 heteroatoms. The van der Waals surface area contributed by atoms with Crippen molar-refractivity contribution in [1.82, 2.24) is 0 Å². The fourth-order valence-corrected chi connectivity index (χ4v) is 5.62. The smallest absolute Gasteiger partial charge is 0.233 e. The van der Waals surface area contributed by atoms with Crippen molar-refractivity contribution in [2.45, 2.75) is 41.5 Å². The molecule has 0 aromatic heterocycles. The average molecular weight is 356 g/mol. The maximum Gasteiger partial charge on any atom is 0.233 e. The Morgan fingerprint density at radius 3 is 2.44 bits per heavy atom. The third-order valence-corrected chi connectivity index (χ3v) is 7.19. The van der Waals surface area contributed by atoms with E-state index in [1.54, 1.807) is 30.3 Å². The second kappa shape index (κ2) is 5.80. The van der Waals surface area contributed by atoms with Crippen molar-refractivity contribution >= 4 is 9.84 Å². The lowest BCUT2D eigenvalue weighted by Gasteiger charge is -2.22. The largest absolute Gasteiger partial charge is 0.363 e. The second-order valence-corrected chi connectivity index (χ2v) is 8.68. The van der Waals surface area contributed by atoms with Crippen molar-refractivity contribution in [1.29, 1.82) is 0 Å². The van der Waals surface area contributed by atoms with E-state index in [0.29, 0.717) is 6.42 Å². The fourth-order valence-electron chi connectivity index (χ4n) is 3.59. The Balaban J connectivity index is 1.80. The molecule has 2 heterocycles. The van der Waals surface area contributed by atoms with Crippen LogP contribution in [0.5, 0.6) is 0 Å². The number of epoxide rings is 1. The minimum absolute atomic E-state index is 0.268. The number of rotatable bonds is 5. The van der Waals surface area contributed by atoms with Gasteiger partial charge in [-0.3, -0.25) is 0 Å². The number of hydrogen-bond donors (Lipinski definition) is 0. The molecule has 2 aromatic rings. The van der Waals surface area contributed by atoms with E-state index in [9.17, 15) is 8.42 Å². The molecule has 2 aliphatic rings. The lowest BCUT2D eigenvalue weighted by atomic mass is 10.1. The molecule has 0 aliphatic carbocycles. The third kappa shape index (κ3) is 2.38. The van der Waals surface area contributed by atoms with Crippen LogP contribution in [-0.4, -0.2) is 25.6 Å². The van der Waals surface area contributed by atoms with Gasteiger partial charge in [-0.25, -0.2) is 8.42 Å². The molecule has 4 nitrogen and oxygen atoms in total. The molecular formula is C20H20O4S. The van der Waals surface area contributed by atoms with Crippen molar-refractivity contribution in [3.63, 3.8) is 0 Å². The topological polar surface area (TPSA) is 55.9 Å². The van der Waals surface area contributed by atoms with Crippen molar-refractivity contribution in [2.75, 3.05) is 0 Å². The molecule has 25 heavy (non-hydrogen) atoms. The maximum absolute atomic E-state index is 13.4.